The number of hydrogen-bond donors (Lipinski definition) is 0. The molecule has 0 aromatic carbocycles. The Balaban J connectivity index is 3.34. The molecule has 0 aliphatic rings. The highest BCUT2D eigenvalue weighted by atomic mass is 15.0. The fourth-order valence-corrected chi connectivity index (χ4v) is 0.706. The number of terminal acetylenes is 2. The molecular weight excluding hydrogens is 124 g/mol. The predicted molar refractivity (Wildman–Crippen MR) is 39.1 cm³/mol. The van der Waals surface area contributed by atoms with Crippen LogP contribution >= 0.6 is 0 Å². The van der Waals surface area contributed by atoms with E-state index in [1.54, 1.807) is 10.9 Å². The van der Waals surface area contributed by atoms with Crippen LogP contribution < -0.4 is 0 Å². The second-order valence-electron chi connectivity index (χ2n) is 1.84. The molecule has 0 fully saturated rings. The summed E-state index contributed by atoms with van der Waals surface area (Å²) in [7, 11) is 1.81. The van der Waals surface area contributed by atoms with Crippen LogP contribution in [0.15, 0.2) is 6.33 Å². The molecule has 0 bridgehead atoms. The normalized spacial score (nSPS) is 8.30. The molecule has 0 saturated carbocycles. The standard InChI is InChI=1S/C8H6N2/c1-4-7-8(5-2)10(3)6-9-7/h1-2,6H,3H3. The number of hydrogen-bond acceptors (Lipinski definition) is 1. The van der Waals surface area contributed by atoms with Gasteiger partial charge in [0.05, 0.1) is 6.33 Å². The van der Waals surface area contributed by atoms with E-state index < -0.39 is 0 Å². The first-order valence-electron chi connectivity index (χ1n) is 2.74. The van der Waals surface area contributed by atoms with Crippen LogP contribution in [0.25, 0.3) is 0 Å². The van der Waals surface area contributed by atoms with Gasteiger partial charge in [-0.1, -0.05) is 0 Å². The summed E-state index contributed by atoms with van der Waals surface area (Å²) in [6, 6.07) is 0. The molecule has 0 aliphatic heterocycles. The summed E-state index contributed by atoms with van der Waals surface area (Å²) >= 11 is 0. The fraction of sp³-hybridized carbons (Fsp3) is 0.125. The van der Waals surface area contributed by atoms with Crippen molar-refractivity contribution in [2.45, 2.75) is 0 Å². The second-order valence-corrected chi connectivity index (χ2v) is 1.84. The average Bonchev–Trinajstić information content (AvgIpc) is 2.30. The van der Waals surface area contributed by atoms with E-state index in [4.69, 9.17) is 12.8 Å². The largest absolute Gasteiger partial charge is 0.326 e. The molecule has 1 heterocycles. The van der Waals surface area contributed by atoms with Gasteiger partial charge < -0.3 is 4.57 Å². The first-order chi connectivity index (χ1) is 4.79. The zero-order valence-corrected chi connectivity index (χ0v) is 5.63. The van der Waals surface area contributed by atoms with Crippen LogP contribution in [0.5, 0.6) is 0 Å². The van der Waals surface area contributed by atoms with Crippen LogP contribution in [0.3, 0.4) is 0 Å². The van der Waals surface area contributed by atoms with Gasteiger partial charge in [0.2, 0.25) is 0 Å². The van der Waals surface area contributed by atoms with Crippen LogP contribution in [-0.2, 0) is 7.05 Å². The Morgan fingerprint density at radius 3 is 2.60 bits per heavy atom. The first-order valence-corrected chi connectivity index (χ1v) is 2.74. The Morgan fingerprint density at radius 2 is 2.20 bits per heavy atom. The van der Waals surface area contributed by atoms with Crippen LogP contribution in [0, 0.1) is 24.7 Å². The molecule has 2 heteroatoms. The molecule has 0 saturated heterocycles. The van der Waals surface area contributed by atoms with E-state index in [1.807, 2.05) is 7.05 Å². The van der Waals surface area contributed by atoms with Gasteiger partial charge in [-0.25, -0.2) is 4.98 Å². The van der Waals surface area contributed by atoms with Crippen molar-refractivity contribution in [2.24, 2.45) is 7.05 Å². The summed E-state index contributed by atoms with van der Waals surface area (Å²) in [6.45, 7) is 0. The summed E-state index contributed by atoms with van der Waals surface area (Å²) in [5, 5.41) is 0. The van der Waals surface area contributed by atoms with Gasteiger partial charge >= 0.3 is 0 Å². The van der Waals surface area contributed by atoms with Crippen LogP contribution in [0.4, 0.5) is 0 Å². The van der Waals surface area contributed by atoms with E-state index in [9.17, 15) is 0 Å². The van der Waals surface area contributed by atoms with Crippen molar-refractivity contribution >= 4 is 0 Å². The third-order valence-electron chi connectivity index (χ3n) is 1.21. The lowest BCUT2D eigenvalue weighted by Crippen LogP contribution is -1.90. The van der Waals surface area contributed by atoms with Crippen molar-refractivity contribution in [3.63, 3.8) is 0 Å². The smallest absolute Gasteiger partial charge is 0.147 e. The highest BCUT2D eigenvalue weighted by Crippen LogP contribution is 2.00. The van der Waals surface area contributed by atoms with Gasteiger partial charge in [0.15, 0.2) is 0 Å². The minimum Gasteiger partial charge on any atom is -0.326 e. The molecule has 1 aromatic heterocycles. The van der Waals surface area contributed by atoms with E-state index in [-0.39, 0.29) is 0 Å². The summed E-state index contributed by atoms with van der Waals surface area (Å²) in [5.41, 5.74) is 1.19. The van der Waals surface area contributed by atoms with Gasteiger partial charge in [0, 0.05) is 7.05 Å². The van der Waals surface area contributed by atoms with Crippen molar-refractivity contribution in [1.29, 1.82) is 0 Å². The topological polar surface area (TPSA) is 17.8 Å². The van der Waals surface area contributed by atoms with E-state index in [0.29, 0.717) is 11.4 Å². The van der Waals surface area contributed by atoms with E-state index in [1.165, 1.54) is 0 Å². The molecule has 0 aliphatic carbocycles. The summed E-state index contributed by atoms with van der Waals surface area (Å²) in [5.74, 6) is 4.85. The molecule has 0 radical (unpaired) electrons. The van der Waals surface area contributed by atoms with Crippen LogP contribution in [0.2, 0.25) is 0 Å². The molecule has 1 rings (SSSR count). The Hall–Kier alpha value is -1.67. The van der Waals surface area contributed by atoms with Gasteiger partial charge in [-0.3, -0.25) is 0 Å². The van der Waals surface area contributed by atoms with Gasteiger partial charge in [0.1, 0.15) is 11.4 Å². The van der Waals surface area contributed by atoms with Gasteiger partial charge in [-0.15, -0.1) is 12.8 Å². The minimum atomic E-state index is 0.532. The first kappa shape index (κ1) is 6.45. The molecule has 0 unspecified atom stereocenters. The lowest BCUT2D eigenvalue weighted by atomic mass is 10.3. The number of aryl methyl sites for hydroxylation is 1. The molecule has 0 atom stereocenters. The average molecular weight is 130 g/mol. The number of rotatable bonds is 0. The zero-order chi connectivity index (χ0) is 7.56. The van der Waals surface area contributed by atoms with Crippen molar-refractivity contribution in [3.05, 3.63) is 17.7 Å². The van der Waals surface area contributed by atoms with Crippen molar-refractivity contribution in [1.82, 2.24) is 9.55 Å². The molecule has 2 nitrogen and oxygen atoms in total. The molecule has 48 valence electrons. The molecule has 0 amide bonds. The maximum atomic E-state index is 5.17. The highest BCUT2D eigenvalue weighted by molar-refractivity contribution is 5.39. The van der Waals surface area contributed by atoms with Crippen molar-refractivity contribution in [2.75, 3.05) is 0 Å². The van der Waals surface area contributed by atoms with E-state index >= 15 is 0 Å². The maximum absolute atomic E-state index is 5.17. The predicted octanol–water partition coefficient (Wildman–Crippen LogP) is 0.383. The Bertz CT molecular complexity index is 320. The Labute approximate surface area is 59.9 Å². The van der Waals surface area contributed by atoms with E-state index in [0.717, 1.165) is 0 Å². The lowest BCUT2D eigenvalue weighted by molar-refractivity contribution is 0.899. The van der Waals surface area contributed by atoms with Crippen LogP contribution in [-0.4, -0.2) is 9.55 Å². The fourth-order valence-electron chi connectivity index (χ4n) is 0.706. The number of aromatic nitrogens is 2. The van der Waals surface area contributed by atoms with Crippen molar-refractivity contribution in [3.8, 4) is 24.7 Å². The number of imidazole rings is 1. The number of nitrogens with zero attached hydrogens (tertiary/aromatic N) is 2. The quantitative estimate of drug-likeness (QED) is 0.464. The highest BCUT2D eigenvalue weighted by Gasteiger charge is 2.00. The SMILES string of the molecule is C#Cc1ncn(C)c1C#C. The van der Waals surface area contributed by atoms with E-state index in [2.05, 4.69) is 16.8 Å². The van der Waals surface area contributed by atoms with Gasteiger partial charge in [0.25, 0.3) is 0 Å². The minimum absolute atomic E-state index is 0.532. The molecule has 1 aromatic rings. The lowest BCUT2D eigenvalue weighted by Gasteiger charge is -1.89. The monoisotopic (exact) mass is 130 g/mol. The van der Waals surface area contributed by atoms with Gasteiger partial charge in [-0.05, 0) is 11.8 Å². The maximum Gasteiger partial charge on any atom is 0.147 e. The molecule has 10 heavy (non-hydrogen) atoms. The summed E-state index contributed by atoms with van der Waals surface area (Å²) < 4.78 is 1.72. The summed E-state index contributed by atoms with van der Waals surface area (Å²) in [4.78, 5) is 3.89. The zero-order valence-electron chi connectivity index (χ0n) is 5.63. The Morgan fingerprint density at radius 1 is 1.50 bits per heavy atom. The summed E-state index contributed by atoms with van der Waals surface area (Å²) in [6.07, 6.45) is 11.9. The third-order valence-corrected chi connectivity index (χ3v) is 1.21. The Kier molecular flexibility index (Phi) is 1.48. The van der Waals surface area contributed by atoms with Crippen LogP contribution in [0.1, 0.15) is 11.4 Å². The van der Waals surface area contributed by atoms with Gasteiger partial charge in [-0.2, -0.15) is 0 Å². The molecular formula is C8H6N2. The second kappa shape index (κ2) is 2.29. The van der Waals surface area contributed by atoms with Crippen molar-refractivity contribution < 1.29 is 0 Å². The third kappa shape index (κ3) is 0.765. The molecule has 0 spiro atoms. The molecule has 0 N–H and O–H groups in total.